The quantitative estimate of drug-likeness (QED) is 0.880. The monoisotopic (exact) mass is 291 g/mol. The van der Waals surface area contributed by atoms with E-state index in [-0.39, 0.29) is 17.0 Å². The smallest absolute Gasteiger partial charge is 0.307 e. The molecule has 0 aliphatic rings. The van der Waals surface area contributed by atoms with Gasteiger partial charge in [-0.05, 0) is 24.6 Å². The molecule has 0 aliphatic heterocycles. The predicted octanol–water partition coefficient (Wildman–Crippen LogP) is 2.14. The molecule has 0 radical (unpaired) electrons. The molecule has 0 fully saturated rings. The Labute approximate surface area is 120 Å². The summed E-state index contributed by atoms with van der Waals surface area (Å²) >= 11 is 1.15. The highest BCUT2D eigenvalue weighted by molar-refractivity contribution is 7.07. The Balaban J connectivity index is 2.28. The topological polar surface area (TPSA) is 42.2 Å². The second-order valence-corrected chi connectivity index (χ2v) is 5.14. The van der Waals surface area contributed by atoms with Crippen LogP contribution in [0.1, 0.15) is 23.2 Å². The van der Waals surface area contributed by atoms with Gasteiger partial charge in [0.2, 0.25) is 0 Å². The van der Waals surface area contributed by atoms with Crippen molar-refractivity contribution < 1.29 is 9.50 Å². The molecule has 0 bridgehead atoms. The average Bonchev–Trinajstić information content (AvgIpc) is 2.74. The maximum atomic E-state index is 13.6. The zero-order chi connectivity index (χ0) is 14.5. The minimum atomic E-state index is -0.395. The Morgan fingerprint density at radius 1 is 1.45 bits per heavy atom. The van der Waals surface area contributed by atoms with E-state index in [2.05, 4.69) is 11.8 Å². The molecule has 1 aromatic carbocycles. The molecule has 1 aromatic heterocycles. The van der Waals surface area contributed by atoms with Crippen LogP contribution in [0, 0.1) is 24.6 Å². The maximum Gasteiger partial charge on any atom is 0.307 e. The maximum absolute atomic E-state index is 13.6. The Hall–Kier alpha value is -1.90. The van der Waals surface area contributed by atoms with Crippen molar-refractivity contribution in [3.8, 4) is 11.8 Å². The summed E-state index contributed by atoms with van der Waals surface area (Å²) in [6, 6.07) is 4.64. The van der Waals surface area contributed by atoms with Crippen LogP contribution >= 0.6 is 11.3 Å². The molecular weight excluding hydrogens is 277 g/mol. The number of halogens is 1. The number of benzene rings is 1. The van der Waals surface area contributed by atoms with Crippen LogP contribution in [0.2, 0.25) is 0 Å². The van der Waals surface area contributed by atoms with E-state index in [0.717, 1.165) is 22.6 Å². The largest absolute Gasteiger partial charge is 0.395 e. The Kier molecular flexibility index (Phi) is 4.72. The summed E-state index contributed by atoms with van der Waals surface area (Å²) in [4.78, 5) is 11.6. The normalized spacial score (nSPS) is 10.2. The van der Waals surface area contributed by atoms with Crippen molar-refractivity contribution >= 4 is 11.3 Å². The fourth-order valence-electron chi connectivity index (χ4n) is 1.76. The molecular formula is C15H14FNO2S. The number of aliphatic hydroxyl groups excluding tert-OH is 1. The first-order valence-corrected chi connectivity index (χ1v) is 7.03. The summed E-state index contributed by atoms with van der Waals surface area (Å²) in [6.07, 6.45) is 0.312. The minimum Gasteiger partial charge on any atom is -0.395 e. The standard InChI is InChI=1S/C15H14FNO2S/c1-11-10-20-15(19)17(11)9-12-5-6-14(16)13(8-12)4-2-3-7-18/h5-6,8,10,18H,3,7,9H2,1H3. The second-order valence-electron chi connectivity index (χ2n) is 4.32. The Morgan fingerprint density at radius 2 is 2.25 bits per heavy atom. The molecule has 0 spiro atoms. The van der Waals surface area contributed by atoms with Crippen molar-refractivity contribution in [2.75, 3.05) is 6.61 Å². The molecule has 104 valence electrons. The molecule has 20 heavy (non-hydrogen) atoms. The van der Waals surface area contributed by atoms with Crippen LogP contribution in [0.5, 0.6) is 0 Å². The zero-order valence-corrected chi connectivity index (χ0v) is 11.8. The average molecular weight is 291 g/mol. The van der Waals surface area contributed by atoms with Crippen molar-refractivity contribution in [1.82, 2.24) is 4.57 Å². The van der Waals surface area contributed by atoms with Crippen molar-refractivity contribution in [2.45, 2.75) is 19.9 Å². The molecule has 2 rings (SSSR count). The second kappa shape index (κ2) is 6.51. The fourth-order valence-corrected chi connectivity index (χ4v) is 2.49. The van der Waals surface area contributed by atoms with Crippen LogP contribution in [0.25, 0.3) is 0 Å². The summed E-state index contributed by atoms with van der Waals surface area (Å²) in [5.74, 6) is 4.99. The van der Waals surface area contributed by atoms with E-state index in [4.69, 9.17) is 5.11 Å². The van der Waals surface area contributed by atoms with Gasteiger partial charge in [0, 0.05) is 17.5 Å². The predicted molar refractivity (Wildman–Crippen MR) is 77.4 cm³/mol. The van der Waals surface area contributed by atoms with Crippen LogP contribution in [-0.2, 0) is 6.54 Å². The first kappa shape index (κ1) is 14.5. The summed E-state index contributed by atoms with van der Waals surface area (Å²) in [5, 5.41) is 10.5. The lowest BCUT2D eigenvalue weighted by molar-refractivity contribution is 0.305. The van der Waals surface area contributed by atoms with Crippen LogP contribution in [0.3, 0.4) is 0 Å². The van der Waals surface area contributed by atoms with E-state index >= 15 is 0 Å². The van der Waals surface area contributed by atoms with Gasteiger partial charge in [-0.3, -0.25) is 9.36 Å². The van der Waals surface area contributed by atoms with E-state index in [9.17, 15) is 9.18 Å². The Bertz CT molecular complexity index is 721. The summed E-state index contributed by atoms with van der Waals surface area (Å²) < 4.78 is 15.2. The number of hydrogen-bond donors (Lipinski definition) is 1. The van der Waals surface area contributed by atoms with Gasteiger partial charge in [0.25, 0.3) is 0 Å². The molecule has 1 heterocycles. The van der Waals surface area contributed by atoms with Gasteiger partial charge in [0.15, 0.2) is 0 Å². The number of nitrogens with zero attached hydrogens (tertiary/aromatic N) is 1. The van der Waals surface area contributed by atoms with E-state index in [1.165, 1.54) is 6.07 Å². The third-order valence-electron chi connectivity index (χ3n) is 2.81. The van der Waals surface area contributed by atoms with Crippen molar-refractivity contribution in [3.63, 3.8) is 0 Å². The van der Waals surface area contributed by atoms with Gasteiger partial charge in [-0.15, -0.1) is 0 Å². The molecule has 2 aromatic rings. The van der Waals surface area contributed by atoms with Crippen molar-refractivity contribution in [2.24, 2.45) is 0 Å². The van der Waals surface area contributed by atoms with E-state index < -0.39 is 5.82 Å². The number of hydrogen-bond acceptors (Lipinski definition) is 3. The van der Waals surface area contributed by atoms with E-state index in [1.54, 1.807) is 22.1 Å². The molecule has 0 unspecified atom stereocenters. The molecule has 3 nitrogen and oxygen atoms in total. The summed E-state index contributed by atoms with van der Waals surface area (Å²) in [7, 11) is 0. The first-order chi connectivity index (χ1) is 9.61. The highest BCUT2D eigenvalue weighted by atomic mass is 32.1. The highest BCUT2D eigenvalue weighted by Gasteiger charge is 2.06. The van der Waals surface area contributed by atoms with Gasteiger partial charge >= 0.3 is 4.87 Å². The number of thiazole rings is 1. The molecule has 1 N–H and O–H groups in total. The SMILES string of the molecule is Cc1csc(=O)n1Cc1ccc(F)c(C#CCCO)c1. The first-order valence-electron chi connectivity index (χ1n) is 6.15. The lowest BCUT2D eigenvalue weighted by atomic mass is 10.1. The number of aliphatic hydroxyl groups is 1. The van der Waals surface area contributed by atoms with Crippen molar-refractivity contribution in [3.05, 3.63) is 55.9 Å². The van der Waals surface area contributed by atoms with Gasteiger partial charge in [-0.2, -0.15) is 0 Å². The lowest BCUT2D eigenvalue weighted by Gasteiger charge is -2.05. The van der Waals surface area contributed by atoms with Gasteiger partial charge in [-0.1, -0.05) is 29.2 Å². The van der Waals surface area contributed by atoms with E-state index in [1.807, 2.05) is 6.92 Å². The molecule has 0 saturated carbocycles. The van der Waals surface area contributed by atoms with Crippen LogP contribution < -0.4 is 4.87 Å². The zero-order valence-electron chi connectivity index (χ0n) is 11.0. The van der Waals surface area contributed by atoms with Crippen LogP contribution in [0.15, 0.2) is 28.4 Å². The molecule has 5 heteroatoms. The third-order valence-corrected chi connectivity index (χ3v) is 3.69. The summed E-state index contributed by atoms with van der Waals surface area (Å²) in [6.45, 7) is 2.23. The fraction of sp³-hybridized carbons (Fsp3) is 0.267. The third kappa shape index (κ3) is 3.35. The van der Waals surface area contributed by atoms with Gasteiger partial charge in [0.1, 0.15) is 5.82 Å². The molecule has 0 saturated heterocycles. The number of rotatable bonds is 3. The van der Waals surface area contributed by atoms with Gasteiger partial charge in [-0.25, -0.2) is 4.39 Å². The Morgan fingerprint density at radius 3 is 2.90 bits per heavy atom. The van der Waals surface area contributed by atoms with E-state index in [0.29, 0.717) is 13.0 Å². The van der Waals surface area contributed by atoms with Crippen LogP contribution in [-0.4, -0.2) is 16.3 Å². The van der Waals surface area contributed by atoms with Gasteiger partial charge < -0.3 is 5.11 Å². The number of aromatic nitrogens is 1. The molecule has 0 atom stereocenters. The molecule has 0 aliphatic carbocycles. The lowest BCUT2D eigenvalue weighted by Crippen LogP contribution is -2.15. The summed E-state index contributed by atoms with van der Waals surface area (Å²) in [5.41, 5.74) is 2.00. The van der Waals surface area contributed by atoms with Gasteiger partial charge in [0.05, 0.1) is 18.7 Å². The van der Waals surface area contributed by atoms with Crippen LogP contribution in [0.4, 0.5) is 4.39 Å². The van der Waals surface area contributed by atoms with Crippen molar-refractivity contribution in [1.29, 1.82) is 0 Å². The minimum absolute atomic E-state index is 0.0280. The number of aryl methyl sites for hydroxylation is 1. The highest BCUT2D eigenvalue weighted by Crippen LogP contribution is 2.12. The molecule has 0 amide bonds.